The molecule has 3 aromatic rings. The summed E-state index contributed by atoms with van der Waals surface area (Å²) >= 11 is 0. The second-order valence-corrected chi connectivity index (χ2v) is 15.8. The highest BCUT2D eigenvalue weighted by Crippen LogP contribution is 2.21. The standard InChI is InChI=1S/C34H43N5O8S2/c1-27(7-8-28-5-3-2-4-6-28)37(25-33(40)35-29-9-13-31(14-10-29)48(42,43)38-17-21-46-22-18-38)26-34(41)36-30-11-15-32(16-12-30)49(44,45)39-19-23-47-24-20-39/h2-6,9-16,27H,7-8,17-26H2,1H3,(H,35,40)(H,36,41)/t27-/m1/s1. The molecule has 2 saturated heterocycles. The fraction of sp³-hybridized carbons (Fsp3) is 0.412. The van der Waals surface area contributed by atoms with Crippen LogP contribution in [0.15, 0.2) is 88.7 Å². The number of nitrogens with one attached hydrogen (secondary N) is 2. The van der Waals surface area contributed by atoms with Crippen molar-refractivity contribution in [2.45, 2.75) is 35.6 Å². The van der Waals surface area contributed by atoms with E-state index >= 15 is 0 Å². The molecule has 3 aromatic carbocycles. The van der Waals surface area contributed by atoms with E-state index < -0.39 is 20.0 Å². The molecular weight excluding hydrogens is 671 g/mol. The van der Waals surface area contributed by atoms with Crippen molar-refractivity contribution in [3.05, 3.63) is 84.4 Å². The Kier molecular flexibility index (Phi) is 12.5. The van der Waals surface area contributed by atoms with Gasteiger partial charge in [0.1, 0.15) is 0 Å². The lowest BCUT2D eigenvalue weighted by Crippen LogP contribution is -2.44. The molecule has 2 heterocycles. The second-order valence-electron chi connectivity index (χ2n) is 12.0. The van der Waals surface area contributed by atoms with Crippen LogP contribution in [0.3, 0.4) is 0 Å². The van der Waals surface area contributed by atoms with E-state index in [4.69, 9.17) is 9.47 Å². The van der Waals surface area contributed by atoms with Crippen LogP contribution in [0.4, 0.5) is 11.4 Å². The molecule has 0 aromatic heterocycles. The Hall–Kier alpha value is -3.70. The van der Waals surface area contributed by atoms with Crippen molar-refractivity contribution in [2.24, 2.45) is 0 Å². The summed E-state index contributed by atoms with van der Waals surface area (Å²) in [7, 11) is -7.34. The number of sulfonamides is 2. The summed E-state index contributed by atoms with van der Waals surface area (Å²) in [6.45, 7) is 4.31. The van der Waals surface area contributed by atoms with E-state index in [1.54, 1.807) is 29.2 Å². The number of carbonyl (C=O) groups excluding carboxylic acids is 2. The van der Waals surface area contributed by atoms with Crippen molar-refractivity contribution in [1.29, 1.82) is 0 Å². The van der Waals surface area contributed by atoms with Crippen LogP contribution in [0.1, 0.15) is 18.9 Å². The van der Waals surface area contributed by atoms with Crippen LogP contribution in [0.2, 0.25) is 0 Å². The number of anilines is 2. The fourth-order valence-electron chi connectivity index (χ4n) is 5.63. The number of morpholine rings is 2. The monoisotopic (exact) mass is 713 g/mol. The van der Waals surface area contributed by atoms with Crippen LogP contribution in [0, 0.1) is 0 Å². The minimum Gasteiger partial charge on any atom is -0.379 e. The van der Waals surface area contributed by atoms with Crippen molar-refractivity contribution < 1.29 is 35.9 Å². The second kappa shape index (κ2) is 16.8. The third kappa shape index (κ3) is 9.94. The summed E-state index contributed by atoms with van der Waals surface area (Å²) in [6, 6.07) is 21.8. The number of hydrogen-bond donors (Lipinski definition) is 2. The van der Waals surface area contributed by atoms with Crippen LogP contribution in [-0.4, -0.2) is 114 Å². The number of nitrogens with zero attached hydrogens (tertiary/aromatic N) is 3. The van der Waals surface area contributed by atoms with Crippen LogP contribution in [-0.2, 0) is 45.5 Å². The number of carbonyl (C=O) groups is 2. The summed E-state index contributed by atoms with van der Waals surface area (Å²) in [5.74, 6) is -0.721. The fourth-order valence-corrected chi connectivity index (χ4v) is 8.45. The Labute approximate surface area is 288 Å². The van der Waals surface area contributed by atoms with Gasteiger partial charge in [0.25, 0.3) is 0 Å². The molecule has 2 aliphatic rings. The first kappa shape index (κ1) is 36.6. The van der Waals surface area contributed by atoms with Gasteiger partial charge >= 0.3 is 0 Å². The summed E-state index contributed by atoms with van der Waals surface area (Å²) in [6.07, 6.45) is 1.44. The number of aryl methyl sites for hydroxylation is 1. The molecule has 2 N–H and O–H groups in total. The van der Waals surface area contributed by atoms with E-state index in [1.165, 1.54) is 32.9 Å². The molecule has 0 spiro atoms. The van der Waals surface area contributed by atoms with E-state index in [0.29, 0.717) is 44.2 Å². The Balaban J connectivity index is 1.22. The average molecular weight is 714 g/mol. The summed E-state index contributed by atoms with van der Waals surface area (Å²) in [4.78, 5) is 28.5. The zero-order chi connectivity index (χ0) is 34.9. The minimum absolute atomic E-state index is 0.0894. The SMILES string of the molecule is C[C@H](CCc1ccccc1)N(CC(=O)Nc1ccc(S(=O)(=O)N2CCOCC2)cc1)CC(=O)Nc1ccc(S(=O)(=O)N2CCOCC2)cc1. The highest BCUT2D eigenvalue weighted by molar-refractivity contribution is 7.89. The van der Waals surface area contributed by atoms with E-state index in [9.17, 15) is 26.4 Å². The maximum atomic E-state index is 13.2. The van der Waals surface area contributed by atoms with Crippen molar-refractivity contribution >= 4 is 43.2 Å². The lowest BCUT2D eigenvalue weighted by molar-refractivity contribution is -0.120. The zero-order valence-corrected chi connectivity index (χ0v) is 29.1. The quantitative estimate of drug-likeness (QED) is 0.257. The summed E-state index contributed by atoms with van der Waals surface area (Å²) < 4.78 is 65.2. The smallest absolute Gasteiger partial charge is 0.243 e. The number of amides is 2. The van der Waals surface area contributed by atoms with Gasteiger partial charge in [-0.15, -0.1) is 0 Å². The van der Waals surface area contributed by atoms with E-state index in [1.807, 2.05) is 37.3 Å². The molecule has 264 valence electrons. The first-order valence-corrected chi connectivity index (χ1v) is 19.1. The molecule has 0 radical (unpaired) electrons. The van der Waals surface area contributed by atoms with E-state index in [-0.39, 0.29) is 66.9 Å². The van der Waals surface area contributed by atoms with Crippen molar-refractivity contribution in [1.82, 2.24) is 13.5 Å². The van der Waals surface area contributed by atoms with Crippen molar-refractivity contribution in [3.63, 3.8) is 0 Å². The number of hydrogen-bond acceptors (Lipinski definition) is 9. The maximum absolute atomic E-state index is 13.2. The molecule has 1 atom stereocenters. The highest BCUT2D eigenvalue weighted by Gasteiger charge is 2.28. The topological polar surface area (TPSA) is 155 Å². The van der Waals surface area contributed by atoms with E-state index in [2.05, 4.69) is 10.6 Å². The van der Waals surface area contributed by atoms with Gasteiger partial charge in [-0.2, -0.15) is 8.61 Å². The molecule has 0 aliphatic carbocycles. The molecule has 13 nitrogen and oxygen atoms in total. The molecule has 2 fully saturated rings. The number of ether oxygens (including phenoxy) is 2. The molecule has 49 heavy (non-hydrogen) atoms. The van der Waals surface area contributed by atoms with Gasteiger partial charge in [0.15, 0.2) is 0 Å². The lowest BCUT2D eigenvalue weighted by atomic mass is 10.1. The average Bonchev–Trinajstić information content (AvgIpc) is 3.12. The van der Waals surface area contributed by atoms with Gasteiger partial charge in [0.05, 0.1) is 49.3 Å². The zero-order valence-electron chi connectivity index (χ0n) is 27.5. The molecule has 2 aliphatic heterocycles. The van der Waals surface area contributed by atoms with E-state index in [0.717, 1.165) is 12.0 Å². The molecular formula is C34H43N5O8S2. The predicted octanol–water partition coefficient (Wildman–Crippen LogP) is 2.63. The number of benzene rings is 3. The van der Waals surface area contributed by atoms with Gasteiger partial charge in [0, 0.05) is 43.6 Å². The minimum atomic E-state index is -3.67. The van der Waals surface area contributed by atoms with Gasteiger partial charge < -0.3 is 20.1 Å². The highest BCUT2D eigenvalue weighted by atomic mass is 32.2. The van der Waals surface area contributed by atoms with Crippen molar-refractivity contribution in [2.75, 3.05) is 76.3 Å². The first-order valence-electron chi connectivity index (χ1n) is 16.3. The molecule has 0 saturated carbocycles. The largest absolute Gasteiger partial charge is 0.379 e. The Morgan fingerprint density at radius 1 is 0.673 bits per heavy atom. The Bertz CT molecular complexity index is 1650. The van der Waals surface area contributed by atoms with Gasteiger partial charge in [-0.1, -0.05) is 30.3 Å². The van der Waals surface area contributed by atoms with Crippen molar-refractivity contribution in [3.8, 4) is 0 Å². The predicted molar refractivity (Wildman–Crippen MR) is 185 cm³/mol. The maximum Gasteiger partial charge on any atom is 0.243 e. The summed E-state index contributed by atoms with van der Waals surface area (Å²) in [5, 5.41) is 5.64. The van der Waals surface area contributed by atoms with Crippen LogP contribution in [0.25, 0.3) is 0 Å². The Morgan fingerprint density at radius 2 is 1.08 bits per heavy atom. The number of rotatable bonds is 14. The van der Waals surface area contributed by atoms with Gasteiger partial charge in [-0.05, 0) is 73.9 Å². The third-order valence-electron chi connectivity index (χ3n) is 8.50. The summed E-state index contributed by atoms with van der Waals surface area (Å²) in [5.41, 5.74) is 2.00. The molecule has 5 rings (SSSR count). The molecule has 15 heteroatoms. The first-order chi connectivity index (χ1) is 23.5. The van der Waals surface area contributed by atoms with Gasteiger partial charge in [0.2, 0.25) is 31.9 Å². The van der Waals surface area contributed by atoms with Gasteiger partial charge in [-0.25, -0.2) is 16.8 Å². The molecule has 0 unspecified atom stereocenters. The van der Waals surface area contributed by atoms with Crippen LogP contribution < -0.4 is 10.6 Å². The van der Waals surface area contributed by atoms with Gasteiger partial charge in [-0.3, -0.25) is 14.5 Å². The normalized spacial score (nSPS) is 17.0. The molecule has 2 amide bonds. The van der Waals surface area contributed by atoms with Crippen LogP contribution in [0.5, 0.6) is 0 Å². The molecule has 0 bridgehead atoms. The van der Waals surface area contributed by atoms with Crippen LogP contribution >= 0.6 is 0 Å². The third-order valence-corrected chi connectivity index (χ3v) is 12.3. The Morgan fingerprint density at radius 3 is 1.49 bits per heavy atom. The lowest BCUT2D eigenvalue weighted by Gasteiger charge is -2.28.